The lowest BCUT2D eigenvalue weighted by atomic mass is 9.85. The van der Waals surface area contributed by atoms with Gasteiger partial charge in [0.2, 0.25) is 0 Å². The van der Waals surface area contributed by atoms with Crippen molar-refractivity contribution in [1.29, 1.82) is 0 Å². The molecule has 106 valence electrons. The summed E-state index contributed by atoms with van der Waals surface area (Å²) < 4.78 is 0. The summed E-state index contributed by atoms with van der Waals surface area (Å²) in [5.74, 6) is 2.48. The Kier molecular flexibility index (Phi) is 4.81. The Morgan fingerprint density at radius 2 is 2.11 bits per heavy atom. The fourth-order valence-electron chi connectivity index (χ4n) is 2.55. The number of hydrogen-bond donors (Lipinski definition) is 1. The molecular formula is C16H27N3. The summed E-state index contributed by atoms with van der Waals surface area (Å²) in [6.45, 7) is 6.47. The molecule has 0 amide bonds. The Bertz CT molecular complexity index is 410. The average Bonchev–Trinajstić information content (AvgIpc) is 2.33. The Morgan fingerprint density at radius 1 is 1.37 bits per heavy atom. The zero-order chi connectivity index (χ0) is 13.8. The van der Waals surface area contributed by atoms with Crippen molar-refractivity contribution in [2.75, 3.05) is 25.5 Å². The van der Waals surface area contributed by atoms with E-state index in [4.69, 9.17) is 4.98 Å². The van der Waals surface area contributed by atoms with Crippen molar-refractivity contribution < 1.29 is 0 Å². The summed E-state index contributed by atoms with van der Waals surface area (Å²) in [6, 6.07) is 4.45. The van der Waals surface area contributed by atoms with Gasteiger partial charge in [-0.2, -0.15) is 0 Å². The van der Waals surface area contributed by atoms with Crippen LogP contribution in [-0.2, 0) is 6.54 Å². The summed E-state index contributed by atoms with van der Waals surface area (Å²) in [6.07, 6.45) is 4.18. The molecule has 2 rings (SSSR count). The van der Waals surface area contributed by atoms with E-state index in [-0.39, 0.29) is 0 Å². The third-order valence-electron chi connectivity index (χ3n) is 4.01. The maximum absolute atomic E-state index is 4.82. The fourth-order valence-corrected chi connectivity index (χ4v) is 2.55. The van der Waals surface area contributed by atoms with Crippen LogP contribution in [0, 0.1) is 5.92 Å². The lowest BCUT2D eigenvalue weighted by Crippen LogP contribution is -2.30. The van der Waals surface area contributed by atoms with Crippen LogP contribution in [0.2, 0.25) is 0 Å². The van der Waals surface area contributed by atoms with Crippen molar-refractivity contribution in [2.24, 2.45) is 5.92 Å². The van der Waals surface area contributed by atoms with E-state index < -0.39 is 0 Å². The maximum atomic E-state index is 4.82. The van der Waals surface area contributed by atoms with Crippen molar-refractivity contribution in [3.63, 3.8) is 0 Å². The highest BCUT2D eigenvalue weighted by Gasteiger charge is 2.20. The van der Waals surface area contributed by atoms with E-state index in [2.05, 4.69) is 43.2 Å². The SMILES string of the molecule is CNCc1cc(C(C)C)nc(N(C)CC2CCC2)c1. The molecule has 1 aliphatic carbocycles. The van der Waals surface area contributed by atoms with E-state index in [0.29, 0.717) is 5.92 Å². The maximum Gasteiger partial charge on any atom is 0.128 e. The Balaban J connectivity index is 2.16. The molecule has 1 saturated carbocycles. The van der Waals surface area contributed by atoms with Gasteiger partial charge in [-0.05, 0) is 49.4 Å². The topological polar surface area (TPSA) is 28.2 Å². The number of nitrogens with zero attached hydrogens (tertiary/aromatic N) is 2. The first kappa shape index (κ1) is 14.3. The van der Waals surface area contributed by atoms with Gasteiger partial charge in [0, 0.05) is 25.8 Å². The second-order valence-electron chi connectivity index (χ2n) is 6.12. The van der Waals surface area contributed by atoms with Crippen molar-refractivity contribution in [2.45, 2.75) is 45.6 Å². The van der Waals surface area contributed by atoms with E-state index in [1.54, 1.807) is 0 Å². The molecule has 0 aliphatic heterocycles. The highest BCUT2D eigenvalue weighted by Crippen LogP contribution is 2.28. The van der Waals surface area contributed by atoms with E-state index >= 15 is 0 Å². The smallest absolute Gasteiger partial charge is 0.128 e. The van der Waals surface area contributed by atoms with Gasteiger partial charge in [-0.25, -0.2) is 4.98 Å². The van der Waals surface area contributed by atoms with Crippen molar-refractivity contribution >= 4 is 5.82 Å². The zero-order valence-electron chi connectivity index (χ0n) is 12.7. The number of pyridine rings is 1. The van der Waals surface area contributed by atoms with Gasteiger partial charge in [-0.1, -0.05) is 20.3 Å². The van der Waals surface area contributed by atoms with Gasteiger partial charge >= 0.3 is 0 Å². The fraction of sp³-hybridized carbons (Fsp3) is 0.688. The van der Waals surface area contributed by atoms with Crippen LogP contribution in [0.5, 0.6) is 0 Å². The lowest BCUT2D eigenvalue weighted by molar-refractivity contribution is 0.321. The van der Waals surface area contributed by atoms with Crippen LogP contribution >= 0.6 is 0 Å². The third-order valence-corrected chi connectivity index (χ3v) is 4.01. The van der Waals surface area contributed by atoms with E-state index in [1.165, 1.54) is 30.5 Å². The van der Waals surface area contributed by atoms with Gasteiger partial charge < -0.3 is 10.2 Å². The summed E-state index contributed by atoms with van der Waals surface area (Å²) in [5, 5.41) is 3.23. The number of rotatable bonds is 6. The number of anilines is 1. The van der Waals surface area contributed by atoms with E-state index in [9.17, 15) is 0 Å². The molecule has 1 aromatic heterocycles. The zero-order valence-corrected chi connectivity index (χ0v) is 12.7. The highest BCUT2D eigenvalue weighted by atomic mass is 15.2. The predicted octanol–water partition coefficient (Wildman–Crippen LogP) is 3.16. The molecule has 1 N–H and O–H groups in total. The molecule has 0 bridgehead atoms. The van der Waals surface area contributed by atoms with E-state index in [1.807, 2.05) is 7.05 Å². The first-order chi connectivity index (χ1) is 9.10. The summed E-state index contributed by atoms with van der Waals surface area (Å²) in [7, 11) is 4.17. The molecular weight excluding hydrogens is 234 g/mol. The van der Waals surface area contributed by atoms with Crippen LogP contribution in [0.1, 0.15) is 50.3 Å². The van der Waals surface area contributed by atoms with Gasteiger partial charge in [0.15, 0.2) is 0 Å². The minimum Gasteiger partial charge on any atom is -0.359 e. The van der Waals surface area contributed by atoms with Crippen LogP contribution in [0.15, 0.2) is 12.1 Å². The van der Waals surface area contributed by atoms with Gasteiger partial charge in [0.05, 0.1) is 0 Å². The molecule has 0 unspecified atom stereocenters. The van der Waals surface area contributed by atoms with Crippen LogP contribution < -0.4 is 10.2 Å². The Labute approximate surface area is 117 Å². The van der Waals surface area contributed by atoms with Gasteiger partial charge in [-0.3, -0.25) is 0 Å². The minimum atomic E-state index is 0.479. The summed E-state index contributed by atoms with van der Waals surface area (Å²) in [4.78, 5) is 7.15. The standard InChI is InChI=1S/C16H27N3/c1-12(2)15-8-14(10-17-3)9-16(18-15)19(4)11-13-6-5-7-13/h8-9,12-13,17H,5-7,10-11H2,1-4H3. The molecule has 0 spiro atoms. The number of hydrogen-bond acceptors (Lipinski definition) is 3. The molecule has 1 heterocycles. The minimum absolute atomic E-state index is 0.479. The molecule has 0 aromatic carbocycles. The normalized spacial score (nSPS) is 15.6. The van der Waals surface area contributed by atoms with E-state index in [0.717, 1.165) is 24.8 Å². The van der Waals surface area contributed by atoms with Gasteiger partial charge in [-0.15, -0.1) is 0 Å². The molecule has 0 saturated heterocycles. The van der Waals surface area contributed by atoms with Crippen LogP contribution in [0.25, 0.3) is 0 Å². The molecule has 1 fully saturated rings. The first-order valence-electron chi connectivity index (χ1n) is 7.46. The van der Waals surface area contributed by atoms with Gasteiger partial charge in [0.25, 0.3) is 0 Å². The molecule has 19 heavy (non-hydrogen) atoms. The Morgan fingerprint density at radius 3 is 2.63 bits per heavy atom. The average molecular weight is 261 g/mol. The van der Waals surface area contributed by atoms with Crippen molar-refractivity contribution in [1.82, 2.24) is 10.3 Å². The monoisotopic (exact) mass is 261 g/mol. The Hall–Kier alpha value is -1.09. The molecule has 1 aliphatic rings. The molecule has 1 aromatic rings. The first-order valence-corrected chi connectivity index (χ1v) is 7.46. The highest BCUT2D eigenvalue weighted by molar-refractivity contribution is 5.42. The van der Waals surface area contributed by atoms with Crippen LogP contribution in [-0.4, -0.2) is 25.6 Å². The predicted molar refractivity (Wildman–Crippen MR) is 81.7 cm³/mol. The quantitative estimate of drug-likeness (QED) is 0.852. The van der Waals surface area contributed by atoms with Crippen molar-refractivity contribution in [3.8, 4) is 0 Å². The summed E-state index contributed by atoms with van der Waals surface area (Å²) >= 11 is 0. The summed E-state index contributed by atoms with van der Waals surface area (Å²) in [5.41, 5.74) is 2.53. The second kappa shape index (κ2) is 6.38. The molecule has 3 heteroatoms. The molecule has 0 radical (unpaired) electrons. The number of nitrogens with one attached hydrogen (secondary N) is 1. The molecule has 0 atom stereocenters. The van der Waals surface area contributed by atoms with Crippen molar-refractivity contribution in [3.05, 3.63) is 23.4 Å². The lowest BCUT2D eigenvalue weighted by Gasteiger charge is -2.31. The largest absolute Gasteiger partial charge is 0.359 e. The van der Waals surface area contributed by atoms with Crippen LogP contribution in [0.4, 0.5) is 5.82 Å². The second-order valence-corrected chi connectivity index (χ2v) is 6.12. The van der Waals surface area contributed by atoms with Crippen LogP contribution in [0.3, 0.4) is 0 Å². The van der Waals surface area contributed by atoms with Gasteiger partial charge in [0.1, 0.15) is 5.82 Å². The molecule has 3 nitrogen and oxygen atoms in total. The third kappa shape index (κ3) is 3.69. The number of aromatic nitrogens is 1.